The van der Waals surface area contributed by atoms with E-state index in [1.54, 1.807) is 5.32 Å². The molecule has 0 fully saturated rings. The fraction of sp³-hybridized carbons (Fsp3) is 0.400. The standard InChI is InChI=1S/C10H12F3N3O/c1-6(2)15-8-4-3-7(5-14-8)16-9(17)10(11,12)13/h3-6H,1-2H3,(H,14,15)(H,16,17). The molecule has 1 heterocycles. The van der Waals surface area contributed by atoms with Crippen molar-refractivity contribution >= 4 is 17.4 Å². The molecule has 1 aromatic rings. The second kappa shape index (κ2) is 5.03. The molecular formula is C10H12F3N3O. The molecule has 0 aliphatic rings. The lowest BCUT2D eigenvalue weighted by Gasteiger charge is -2.10. The zero-order valence-corrected chi connectivity index (χ0v) is 9.30. The first-order valence-corrected chi connectivity index (χ1v) is 4.90. The number of hydrogen-bond acceptors (Lipinski definition) is 3. The number of aromatic nitrogens is 1. The lowest BCUT2D eigenvalue weighted by Crippen LogP contribution is -2.29. The average Bonchev–Trinajstić information content (AvgIpc) is 2.18. The minimum Gasteiger partial charge on any atom is -0.368 e. The van der Waals surface area contributed by atoms with Crippen molar-refractivity contribution < 1.29 is 18.0 Å². The molecule has 17 heavy (non-hydrogen) atoms. The topological polar surface area (TPSA) is 54.0 Å². The number of anilines is 2. The number of hydrogen-bond donors (Lipinski definition) is 2. The van der Waals surface area contributed by atoms with Crippen molar-refractivity contribution in [3.63, 3.8) is 0 Å². The molecule has 2 N–H and O–H groups in total. The molecule has 0 spiro atoms. The number of alkyl halides is 3. The molecule has 0 saturated heterocycles. The molecule has 0 atom stereocenters. The summed E-state index contributed by atoms with van der Waals surface area (Å²) in [6.07, 6.45) is -3.73. The van der Waals surface area contributed by atoms with Crippen molar-refractivity contribution in [3.05, 3.63) is 18.3 Å². The van der Waals surface area contributed by atoms with Gasteiger partial charge in [0, 0.05) is 6.04 Å². The first-order valence-electron chi connectivity index (χ1n) is 4.90. The Morgan fingerprint density at radius 3 is 2.41 bits per heavy atom. The normalized spacial score (nSPS) is 11.4. The van der Waals surface area contributed by atoms with Crippen molar-refractivity contribution in [2.24, 2.45) is 0 Å². The fourth-order valence-corrected chi connectivity index (χ4v) is 1.05. The highest BCUT2D eigenvalue weighted by atomic mass is 19.4. The number of carbonyl (C=O) groups is 1. The quantitative estimate of drug-likeness (QED) is 0.862. The Labute approximate surface area is 96.2 Å². The molecule has 0 aromatic carbocycles. The first kappa shape index (κ1) is 13.3. The van der Waals surface area contributed by atoms with Gasteiger partial charge in [0.15, 0.2) is 0 Å². The van der Waals surface area contributed by atoms with Gasteiger partial charge >= 0.3 is 12.1 Å². The predicted molar refractivity (Wildman–Crippen MR) is 57.7 cm³/mol. The van der Waals surface area contributed by atoms with E-state index in [-0.39, 0.29) is 11.7 Å². The fourth-order valence-electron chi connectivity index (χ4n) is 1.05. The van der Waals surface area contributed by atoms with E-state index in [1.165, 1.54) is 12.1 Å². The summed E-state index contributed by atoms with van der Waals surface area (Å²) in [5.74, 6) is -1.48. The summed E-state index contributed by atoms with van der Waals surface area (Å²) in [5, 5.41) is 4.68. The number of halogens is 3. The Bertz CT molecular complexity index is 387. The SMILES string of the molecule is CC(C)Nc1ccc(NC(=O)C(F)(F)F)cn1. The Balaban J connectivity index is 2.66. The molecule has 0 unspecified atom stereocenters. The molecule has 1 aromatic heterocycles. The first-order chi connectivity index (χ1) is 7.79. The zero-order chi connectivity index (χ0) is 13.1. The van der Waals surface area contributed by atoms with Crippen molar-refractivity contribution in [1.82, 2.24) is 4.98 Å². The van der Waals surface area contributed by atoms with E-state index in [4.69, 9.17) is 0 Å². The van der Waals surface area contributed by atoms with E-state index in [2.05, 4.69) is 10.3 Å². The van der Waals surface area contributed by atoms with Crippen LogP contribution in [0, 0.1) is 0 Å². The number of pyridine rings is 1. The summed E-state index contributed by atoms with van der Waals surface area (Å²) in [6, 6.07) is 3.01. The summed E-state index contributed by atoms with van der Waals surface area (Å²) >= 11 is 0. The highest BCUT2D eigenvalue weighted by molar-refractivity contribution is 5.94. The van der Waals surface area contributed by atoms with Crippen molar-refractivity contribution in [1.29, 1.82) is 0 Å². The van der Waals surface area contributed by atoms with E-state index in [0.29, 0.717) is 5.82 Å². The molecule has 0 aliphatic heterocycles. The molecule has 7 heteroatoms. The van der Waals surface area contributed by atoms with Crippen LogP contribution >= 0.6 is 0 Å². The zero-order valence-electron chi connectivity index (χ0n) is 9.30. The second-order valence-electron chi connectivity index (χ2n) is 3.68. The average molecular weight is 247 g/mol. The van der Waals surface area contributed by atoms with Gasteiger partial charge in [-0.25, -0.2) is 4.98 Å². The van der Waals surface area contributed by atoms with Gasteiger partial charge in [-0.2, -0.15) is 13.2 Å². The van der Waals surface area contributed by atoms with E-state index in [1.807, 2.05) is 13.8 Å². The smallest absolute Gasteiger partial charge is 0.368 e. The van der Waals surface area contributed by atoms with Gasteiger partial charge in [0.05, 0.1) is 11.9 Å². The number of nitrogens with one attached hydrogen (secondary N) is 2. The number of carbonyl (C=O) groups excluding carboxylic acids is 1. The maximum atomic E-state index is 11.9. The van der Waals surface area contributed by atoms with E-state index >= 15 is 0 Å². The summed E-state index contributed by atoms with van der Waals surface area (Å²) in [7, 11) is 0. The Hall–Kier alpha value is -1.79. The van der Waals surface area contributed by atoms with Crippen LogP contribution in [0.2, 0.25) is 0 Å². The summed E-state index contributed by atoms with van der Waals surface area (Å²) in [5.41, 5.74) is 0.00151. The van der Waals surface area contributed by atoms with E-state index in [9.17, 15) is 18.0 Å². The van der Waals surface area contributed by atoms with E-state index in [0.717, 1.165) is 6.20 Å². The molecule has 0 saturated carbocycles. The van der Waals surface area contributed by atoms with Crippen LogP contribution in [0.15, 0.2) is 18.3 Å². The number of rotatable bonds is 3. The van der Waals surface area contributed by atoms with Gasteiger partial charge < -0.3 is 10.6 Å². The molecule has 94 valence electrons. The largest absolute Gasteiger partial charge is 0.471 e. The summed E-state index contributed by atoms with van der Waals surface area (Å²) < 4.78 is 35.8. The number of amides is 1. The Morgan fingerprint density at radius 2 is 2.00 bits per heavy atom. The van der Waals surface area contributed by atoms with Crippen LogP contribution in [-0.4, -0.2) is 23.1 Å². The Morgan fingerprint density at radius 1 is 1.35 bits per heavy atom. The lowest BCUT2D eigenvalue weighted by atomic mass is 10.3. The summed E-state index contributed by atoms with van der Waals surface area (Å²) in [4.78, 5) is 14.5. The molecule has 0 aliphatic carbocycles. The van der Waals surface area contributed by atoms with Crippen LogP contribution < -0.4 is 10.6 Å². The third kappa shape index (κ3) is 4.29. The van der Waals surface area contributed by atoms with Gasteiger partial charge in [-0.1, -0.05) is 0 Å². The van der Waals surface area contributed by atoms with Crippen molar-refractivity contribution in [3.8, 4) is 0 Å². The second-order valence-corrected chi connectivity index (χ2v) is 3.68. The Kier molecular flexibility index (Phi) is 3.93. The number of nitrogens with zero attached hydrogens (tertiary/aromatic N) is 1. The highest BCUT2D eigenvalue weighted by Crippen LogP contribution is 2.18. The van der Waals surface area contributed by atoms with Crippen LogP contribution in [0.5, 0.6) is 0 Å². The molecule has 0 radical (unpaired) electrons. The monoisotopic (exact) mass is 247 g/mol. The van der Waals surface area contributed by atoms with Crippen LogP contribution in [0.1, 0.15) is 13.8 Å². The maximum Gasteiger partial charge on any atom is 0.471 e. The van der Waals surface area contributed by atoms with Crippen LogP contribution in [0.25, 0.3) is 0 Å². The molecule has 1 rings (SSSR count). The summed E-state index contributed by atoms with van der Waals surface area (Å²) in [6.45, 7) is 3.81. The maximum absolute atomic E-state index is 11.9. The van der Waals surface area contributed by atoms with Crippen LogP contribution in [-0.2, 0) is 4.79 Å². The third-order valence-electron chi connectivity index (χ3n) is 1.72. The highest BCUT2D eigenvalue weighted by Gasteiger charge is 2.38. The minimum atomic E-state index is -4.89. The molecular weight excluding hydrogens is 235 g/mol. The third-order valence-corrected chi connectivity index (χ3v) is 1.72. The van der Waals surface area contributed by atoms with Crippen LogP contribution in [0.4, 0.5) is 24.7 Å². The molecule has 0 bridgehead atoms. The lowest BCUT2D eigenvalue weighted by molar-refractivity contribution is -0.167. The minimum absolute atomic E-state index is 0.00151. The predicted octanol–water partition coefficient (Wildman–Crippen LogP) is 2.40. The van der Waals surface area contributed by atoms with Gasteiger partial charge in [-0.3, -0.25) is 4.79 Å². The van der Waals surface area contributed by atoms with Crippen molar-refractivity contribution in [2.75, 3.05) is 10.6 Å². The van der Waals surface area contributed by atoms with Gasteiger partial charge in [0.25, 0.3) is 0 Å². The van der Waals surface area contributed by atoms with Gasteiger partial charge in [-0.05, 0) is 26.0 Å². The van der Waals surface area contributed by atoms with Gasteiger partial charge in [-0.15, -0.1) is 0 Å². The van der Waals surface area contributed by atoms with Crippen molar-refractivity contribution in [2.45, 2.75) is 26.1 Å². The van der Waals surface area contributed by atoms with E-state index < -0.39 is 12.1 Å². The molecule has 1 amide bonds. The molecule has 4 nitrogen and oxygen atoms in total. The van der Waals surface area contributed by atoms with Gasteiger partial charge in [0.1, 0.15) is 5.82 Å². The van der Waals surface area contributed by atoms with Crippen LogP contribution in [0.3, 0.4) is 0 Å². The van der Waals surface area contributed by atoms with Gasteiger partial charge in [0.2, 0.25) is 0 Å².